The van der Waals surface area contributed by atoms with Gasteiger partial charge in [0, 0.05) is 13.7 Å². The molecule has 1 aromatic heterocycles. The third-order valence-corrected chi connectivity index (χ3v) is 2.77. The molecule has 0 radical (unpaired) electrons. The molecule has 1 aromatic carbocycles. The highest BCUT2D eigenvalue weighted by atomic mass is 16.5. The number of nitrogens with zero attached hydrogens (tertiary/aromatic N) is 3. The fourth-order valence-corrected chi connectivity index (χ4v) is 1.73. The number of para-hydroxylation sites is 1. The maximum atomic E-state index is 12.2. The lowest BCUT2D eigenvalue weighted by molar-refractivity contribution is 0.0927. The SMILES string of the molecule is COCCC(N)C(=O)c1cnnn1-c1ccccc1. The number of nitrogens with two attached hydrogens (primary N) is 1. The lowest BCUT2D eigenvalue weighted by atomic mass is 10.1. The number of ketones is 1. The number of rotatable bonds is 6. The second-order valence-corrected chi connectivity index (χ2v) is 4.12. The van der Waals surface area contributed by atoms with E-state index in [1.165, 1.54) is 10.9 Å². The smallest absolute Gasteiger partial charge is 0.199 e. The first-order chi connectivity index (χ1) is 9.24. The van der Waals surface area contributed by atoms with Crippen LogP contribution in [0, 0.1) is 0 Å². The molecule has 0 spiro atoms. The fourth-order valence-electron chi connectivity index (χ4n) is 1.73. The van der Waals surface area contributed by atoms with Crippen molar-refractivity contribution in [1.29, 1.82) is 0 Å². The molecule has 2 rings (SSSR count). The third kappa shape index (κ3) is 3.04. The topological polar surface area (TPSA) is 83.0 Å². The van der Waals surface area contributed by atoms with Crippen LogP contribution >= 0.6 is 0 Å². The van der Waals surface area contributed by atoms with E-state index in [1.807, 2.05) is 30.3 Å². The van der Waals surface area contributed by atoms with Crippen molar-refractivity contribution in [3.63, 3.8) is 0 Å². The van der Waals surface area contributed by atoms with Crippen molar-refractivity contribution in [3.05, 3.63) is 42.2 Å². The van der Waals surface area contributed by atoms with Crippen LogP contribution in [-0.2, 0) is 4.74 Å². The molecule has 2 aromatic rings. The Bertz CT molecular complexity index is 539. The van der Waals surface area contributed by atoms with Crippen molar-refractivity contribution in [3.8, 4) is 5.69 Å². The Morgan fingerprint density at radius 2 is 2.16 bits per heavy atom. The summed E-state index contributed by atoms with van der Waals surface area (Å²) in [6.45, 7) is 0.444. The van der Waals surface area contributed by atoms with E-state index in [4.69, 9.17) is 10.5 Å². The van der Waals surface area contributed by atoms with E-state index in [9.17, 15) is 4.79 Å². The number of carbonyl (C=O) groups is 1. The summed E-state index contributed by atoms with van der Waals surface area (Å²) in [6, 6.07) is 8.73. The Morgan fingerprint density at radius 3 is 2.84 bits per heavy atom. The van der Waals surface area contributed by atoms with Gasteiger partial charge in [-0.05, 0) is 18.6 Å². The second kappa shape index (κ2) is 6.21. The lowest BCUT2D eigenvalue weighted by Gasteiger charge is -2.10. The van der Waals surface area contributed by atoms with E-state index in [0.29, 0.717) is 18.7 Å². The average Bonchev–Trinajstić information content (AvgIpc) is 2.94. The van der Waals surface area contributed by atoms with Gasteiger partial charge in [-0.3, -0.25) is 4.79 Å². The van der Waals surface area contributed by atoms with Crippen LogP contribution < -0.4 is 5.73 Å². The molecular formula is C13H16N4O2. The van der Waals surface area contributed by atoms with Gasteiger partial charge in [-0.2, -0.15) is 0 Å². The van der Waals surface area contributed by atoms with Crippen LogP contribution in [-0.4, -0.2) is 40.5 Å². The molecule has 1 heterocycles. The van der Waals surface area contributed by atoms with Gasteiger partial charge in [0.2, 0.25) is 0 Å². The number of hydrogen-bond acceptors (Lipinski definition) is 5. The maximum Gasteiger partial charge on any atom is 0.199 e. The van der Waals surface area contributed by atoms with Gasteiger partial charge in [-0.1, -0.05) is 23.4 Å². The van der Waals surface area contributed by atoms with Gasteiger partial charge in [-0.25, -0.2) is 4.68 Å². The van der Waals surface area contributed by atoms with E-state index in [2.05, 4.69) is 10.3 Å². The molecule has 6 nitrogen and oxygen atoms in total. The van der Waals surface area contributed by atoms with Gasteiger partial charge in [0.05, 0.1) is 17.9 Å². The predicted molar refractivity (Wildman–Crippen MR) is 70.2 cm³/mol. The Kier molecular flexibility index (Phi) is 4.38. The van der Waals surface area contributed by atoms with Crippen LogP contribution in [0.5, 0.6) is 0 Å². The Labute approximate surface area is 111 Å². The Hall–Kier alpha value is -2.05. The van der Waals surface area contributed by atoms with E-state index < -0.39 is 6.04 Å². The first-order valence-electron chi connectivity index (χ1n) is 5.99. The molecule has 100 valence electrons. The van der Waals surface area contributed by atoms with E-state index >= 15 is 0 Å². The molecular weight excluding hydrogens is 244 g/mol. The summed E-state index contributed by atoms with van der Waals surface area (Å²) in [5, 5.41) is 7.72. The van der Waals surface area contributed by atoms with Crippen LogP contribution in [0.4, 0.5) is 0 Å². The lowest BCUT2D eigenvalue weighted by Crippen LogP contribution is -2.33. The number of carbonyl (C=O) groups excluding carboxylic acids is 1. The van der Waals surface area contributed by atoms with Crippen molar-refractivity contribution >= 4 is 5.78 Å². The maximum absolute atomic E-state index is 12.2. The normalized spacial score (nSPS) is 12.3. The van der Waals surface area contributed by atoms with Gasteiger partial charge < -0.3 is 10.5 Å². The first kappa shape index (κ1) is 13.4. The minimum atomic E-state index is -0.610. The number of aromatic nitrogens is 3. The molecule has 0 saturated heterocycles. The van der Waals surface area contributed by atoms with Crippen molar-refractivity contribution in [2.45, 2.75) is 12.5 Å². The third-order valence-electron chi connectivity index (χ3n) is 2.77. The molecule has 0 aliphatic heterocycles. The zero-order valence-electron chi connectivity index (χ0n) is 10.7. The zero-order chi connectivity index (χ0) is 13.7. The largest absolute Gasteiger partial charge is 0.385 e. The highest BCUT2D eigenvalue weighted by molar-refractivity contribution is 5.98. The molecule has 0 bridgehead atoms. The summed E-state index contributed by atoms with van der Waals surface area (Å²) in [5.41, 5.74) is 7.01. The van der Waals surface area contributed by atoms with Crippen molar-refractivity contribution in [1.82, 2.24) is 15.0 Å². The molecule has 6 heteroatoms. The standard InChI is InChI=1S/C13H16N4O2/c1-19-8-7-11(14)13(18)12-9-15-16-17(12)10-5-3-2-4-6-10/h2-6,9,11H,7-8,14H2,1H3. The molecule has 19 heavy (non-hydrogen) atoms. The Balaban J connectivity index is 2.22. The van der Waals surface area contributed by atoms with Gasteiger partial charge in [-0.15, -0.1) is 5.10 Å². The summed E-state index contributed by atoms with van der Waals surface area (Å²) in [7, 11) is 1.58. The molecule has 0 saturated carbocycles. The van der Waals surface area contributed by atoms with Crippen molar-refractivity contribution in [2.75, 3.05) is 13.7 Å². The minimum Gasteiger partial charge on any atom is -0.385 e. The highest BCUT2D eigenvalue weighted by Gasteiger charge is 2.20. The minimum absolute atomic E-state index is 0.189. The quantitative estimate of drug-likeness (QED) is 0.777. The van der Waals surface area contributed by atoms with Gasteiger partial charge in [0.15, 0.2) is 5.78 Å². The Morgan fingerprint density at radius 1 is 1.42 bits per heavy atom. The second-order valence-electron chi connectivity index (χ2n) is 4.12. The van der Waals surface area contributed by atoms with E-state index in [-0.39, 0.29) is 5.78 Å². The number of ether oxygens (including phenoxy) is 1. The van der Waals surface area contributed by atoms with Gasteiger partial charge in [0.25, 0.3) is 0 Å². The summed E-state index contributed by atoms with van der Waals surface area (Å²) in [5.74, 6) is -0.189. The van der Waals surface area contributed by atoms with Crippen LogP contribution in [0.25, 0.3) is 5.69 Å². The molecule has 1 unspecified atom stereocenters. The molecule has 0 amide bonds. The van der Waals surface area contributed by atoms with Crippen LogP contribution in [0.15, 0.2) is 36.5 Å². The highest BCUT2D eigenvalue weighted by Crippen LogP contribution is 2.11. The number of methoxy groups -OCH3 is 1. The van der Waals surface area contributed by atoms with Crippen molar-refractivity contribution < 1.29 is 9.53 Å². The average molecular weight is 260 g/mol. The zero-order valence-corrected chi connectivity index (χ0v) is 10.7. The summed E-state index contributed by atoms with van der Waals surface area (Å²) >= 11 is 0. The molecule has 1 atom stereocenters. The van der Waals surface area contributed by atoms with Crippen LogP contribution in [0.3, 0.4) is 0 Å². The number of hydrogen-bond donors (Lipinski definition) is 1. The monoisotopic (exact) mass is 260 g/mol. The summed E-state index contributed by atoms with van der Waals surface area (Å²) in [6.07, 6.45) is 1.90. The summed E-state index contributed by atoms with van der Waals surface area (Å²) in [4.78, 5) is 12.2. The molecule has 0 aliphatic carbocycles. The molecule has 0 fully saturated rings. The van der Waals surface area contributed by atoms with Crippen LogP contribution in [0.1, 0.15) is 16.9 Å². The van der Waals surface area contributed by atoms with E-state index in [0.717, 1.165) is 5.69 Å². The predicted octanol–water partition coefficient (Wildman–Crippen LogP) is 0.814. The van der Waals surface area contributed by atoms with Crippen molar-refractivity contribution in [2.24, 2.45) is 5.73 Å². The number of benzene rings is 1. The first-order valence-corrected chi connectivity index (χ1v) is 5.99. The van der Waals surface area contributed by atoms with E-state index in [1.54, 1.807) is 7.11 Å². The fraction of sp³-hybridized carbons (Fsp3) is 0.308. The van der Waals surface area contributed by atoms with Gasteiger partial charge >= 0.3 is 0 Å². The summed E-state index contributed by atoms with van der Waals surface area (Å²) < 4.78 is 6.42. The van der Waals surface area contributed by atoms with Gasteiger partial charge in [0.1, 0.15) is 5.69 Å². The molecule has 2 N–H and O–H groups in total. The van der Waals surface area contributed by atoms with Crippen LogP contribution in [0.2, 0.25) is 0 Å². The molecule has 0 aliphatic rings. The number of Topliss-reactive ketones (excluding diaryl/α,β-unsaturated/α-hetero) is 1.